The number of carbonyl (C=O) groups is 1. The van der Waals surface area contributed by atoms with Crippen LogP contribution in [0.5, 0.6) is 0 Å². The van der Waals surface area contributed by atoms with E-state index in [1.54, 1.807) is 18.2 Å². The largest absolute Gasteiger partial charge is 0.355 e. The summed E-state index contributed by atoms with van der Waals surface area (Å²) in [6.45, 7) is 1.92. The van der Waals surface area contributed by atoms with E-state index < -0.39 is 0 Å². The fourth-order valence-corrected chi connectivity index (χ4v) is 4.28. The Kier molecular flexibility index (Phi) is 6.29. The minimum absolute atomic E-state index is 0.120. The first-order valence-corrected chi connectivity index (χ1v) is 11.6. The molecule has 1 amide bonds. The molecule has 0 bridgehead atoms. The first-order chi connectivity index (χ1) is 16.7. The fraction of sp³-hybridized carbons (Fsp3) is 0.269. The van der Waals surface area contributed by atoms with E-state index in [1.165, 1.54) is 36.6 Å². The van der Waals surface area contributed by atoms with E-state index in [-0.39, 0.29) is 18.0 Å². The standard InChI is InChI=1S/C26H26N6O2/c33-25(17-32-18-27-23-11-4-3-10-21(23)26(32)34)28-20-9-7-8-19(16-20)22-12-13-24(30-29-22)31-14-5-1-2-6-15-31/h3-4,7-13,16,18H,1-2,5-6,14-15,17H2,(H,28,33). The summed E-state index contributed by atoms with van der Waals surface area (Å²) in [5.41, 5.74) is 2.60. The summed E-state index contributed by atoms with van der Waals surface area (Å²) in [6, 6.07) is 18.5. The molecule has 3 heterocycles. The van der Waals surface area contributed by atoms with Crippen LogP contribution < -0.4 is 15.8 Å². The average molecular weight is 455 g/mol. The highest BCUT2D eigenvalue weighted by Crippen LogP contribution is 2.23. The summed E-state index contributed by atoms with van der Waals surface area (Å²) in [4.78, 5) is 31.8. The molecule has 1 fully saturated rings. The maximum Gasteiger partial charge on any atom is 0.261 e. The van der Waals surface area contributed by atoms with E-state index in [4.69, 9.17) is 0 Å². The third-order valence-electron chi connectivity index (χ3n) is 6.07. The highest BCUT2D eigenvalue weighted by Gasteiger charge is 2.13. The van der Waals surface area contributed by atoms with Crippen LogP contribution in [0, 0.1) is 0 Å². The minimum Gasteiger partial charge on any atom is -0.355 e. The topological polar surface area (TPSA) is 93.0 Å². The monoisotopic (exact) mass is 454 g/mol. The number of benzene rings is 2. The average Bonchev–Trinajstić information content (AvgIpc) is 3.16. The predicted molar refractivity (Wildman–Crippen MR) is 133 cm³/mol. The zero-order valence-electron chi connectivity index (χ0n) is 18.9. The Morgan fingerprint density at radius 3 is 2.53 bits per heavy atom. The van der Waals surface area contributed by atoms with Gasteiger partial charge in [0.2, 0.25) is 5.91 Å². The maximum absolute atomic E-state index is 12.6. The highest BCUT2D eigenvalue weighted by atomic mass is 16.2. The Morgan fingerprint density at radius 2 is 1.74 bits per heavy atom. The van der Waals surface area contributed by atoms with Crippen molar-refractivity contribution >= 4 is 28.3 Å². The Balaban J connectivity index is 1.28. The van der Waals surface area contributed by atoms with Crippen molar-refractivity contribution in [1.82, 2.24) is 19.7 Å². The van der Waals surface area contributed by atoms with Gasteiger partial charge >= 0.3 is 0 Å². The Labute approximate surface area is 197 Å². The van der Waals surface area contributed by atoms with Gasteiger partial charge < -0.3 is 10.2 Å². The number of carbonyl (C=O) groups excluding carboxylic acids is 1. The lowest BCUT2D eigenvalue weighted by atomic mass is 10.1. The van der Waals surface area contributed by atoms with Crippen LogP contribution in [0.2, 0.25) is 0 Å². The normalized spacial score (nSPS) is 14.1. The minimum atomic E-state index is -0.307. The van der Waals surface area contributed by atoms with Crippen molar-refractivity contribution in [2.24, 2.45) is 0 Å². The van der Waals surface area contributed by atoms with Crippen molar-refractivity contribution in [3.63, 3.8) is 0 Å². The molecule has 4 aromatic rings. The molecular formula is C26H26N6O2. The van der Waals surface area contributed by atoms with E-state index in [0.717, 1.165) is 30.2 Å². The molecule has 0 aliphatic carbocycles. The molecule has 1 aliphatic rings. The molecule has 8 heteroatoms. The van der Waals surface area contributed by atoms with Gasteiger partial charge in [-0.15, -0.1) is 10.2 Å². The van der Waals surface area contributed by atoms with E-state index in [1.807, 2.05) is 42.5 Å². The molecule has 0 saturated carbocycles. The molecule has 0 unspecified atom stereocenters. The number of nitrogens with one attached hydrogen (secondary N) is 1. The third-order valence-corrected chi connectivity index (χ3v) is 6.07. The molecule has 0 atom stereocenters. The molecule has 2 aromatic heterocycles. The summed E-state index contributed by atoms with van der Waals surface area (Å²) < 4.78 is 1.31. The van der Waals surface area contributed by atoms with Crippen molar-refractivity contribution in [3.05, 3.63) is 77.3 Å². The summed E-state index contributed by atoms with van der Waals surface area (Å²) in [5, 5.41) is 12.2. The third kappa shape index (κ3) is 4.80. The van der Waals surface area contributed by atoms with E-state index in [0.29, 0.717) is 16.6 Å². The SMILES string of the molecule is O=C(Cn1cnc2ccccc2c1=O)Nc1cccc(-c2ccc(N3CCCCCC3)nn2)c1. The zero-order chi connectivity index (χ0) is 23.3. The second kappa shape index (κ2) is 9.82. The van der Waals surface area contributed by atoms with Crippen molar-refractivity contribution < 1.29 is 4.79 Å². The molecule has 0 radical (unpaired) electrons. The highest BCUT2D eigenvalue weighted by molar-refractivity contribution is 5.91. The van der Waals surface area contributed by atoms with Gasteiger partial charge in [0.25, 0.3) is 5.56 Å². The van der Waals surface area contributed by atoms with E-state index >= 15 is 0 Å². The number of nitrogens with zero attached hydrogens (tertiary/aromatic N) is 5. The number of rotatable bonds is 5. The van der Waals surface area contributed by atoms with Gasteiger partial charge in [0, 0.05) is 24.3 Å². The molecule has 1 saturated heterocycles. The number of para-hydroxylation sites is 1. The molecule has 172 valence electrons. The lowest BCUT2D eigenvalue weighted by molar-refractivity contribution is -0.116. The van der Waals surface area contributed by atoms with Crippen molar-refractivity contribution in [3.8, 4) is 11.3 Å². The molecule has 1 N–H and O–H groups in total. The van der Waals surface area contributed by atoms with Crippen LogP contribution in [-0.4, -0.2) is 38.7 Å². The van der Waals surface area contributed by atoms with Crippen LogP contribution in [0.1, 0.15) is 25.7 Å². The van der Waals surface area contributed by atoms with Crippen LogP contribution >= 0.6 is 0 Å². The van der Waals surface area contributed by atoms with Crippen molar-refractivity contribution in [2.45, 2.75) is 32.2 Å². The lowest BCUT2D eigenvalue weighted by Gasteiger charge is -2.20. The number of hydrogen-bond donors (Lipinski definition) is 1. The molecular weight excluding hydrogens is 428 g/mol. The van der Waals surface area contributed by atoms with Crippen LogP contribution in [0.15, 0.2) is 71.8 Å². The van der Waals surface area contributed by atoms with Crippen molar-refractivity contribution in [1.29, 1.82) is 0 Å². The summed E-state index contributed by atoms with van der Waals surface area (Å²) >= 11 is 0. The van der Waals surface area contributed by atoms with E-state index in [9.17, 15) is 9.59 Å². The summed E-state index contributed by atoms with van der Waals surface area (Å²) in [6.07, 6.45) is 6.32. The summed E-state index contributed by atoms with van der Waals surface area (Å²) in [5.74, 6) is 0.600. The second-order valence-electron chi connectivity index (χ2n) is 8.50. The number of amides is 1. The van der Waals surface area contributed by atoms with Gasteiger partial charge in [-0.3, -0.25) is 14.2 Å². The van der Waals surface area contributed by atoms with Gasteiger partial charge in [-0.25, -0.2) is 4.98 Å². The number of aromatic nitrogens is 4. The first kappa shape index (κ1) is 21.8. The van der Waals surface area contributed by atoms with Gasteiger partial charge in [-0.2, -0.15) is 0 Å². The van der Waals surface area contributed by atoms with Gasteiger partial charge in [0.1, 0.15) is 6.54 Å². The quantitative estimate of drug-likeness (QED) is 0.492. The Bertz CT molecular complexity index is 1360. The Morgan fingerprint density at radius 1 is 0.912 bits per heavy atom. The van der Waals surface area contributed by atoms with Crippen LogP contribution in [0.3, 0.4) is 0 Å². The molecule has 2 aromatic carbocycles. The van der Waals surface area contributed by atoms with Gasteiger partial charge in [0.15, 0.2) is 5.82 Å². The molecule has 5 rings (SSSR count). The maximum atomic E-state index is 12.6. The van der Waals surface area contributed by atoms with Crippen molar-refractivity contribution in [2.75, 3.05) is 23.3 Å². The molecule has 0 spiro atoms. The van der Waals surface area contributed by atoms with Crippen LogP contribution in [0.25, 0.3) is 22.2 Å². The summed E-state index contributed by atoms with van der Waals surface area (Å²) in [7, 11) is 0. The van der Waals surface area contributed by atoms with E-state index in [2.05, 4.69) is 25.4 Å². The van der Waals surface area contributed by atoms with Gasteiger partial charge in [-0.1, -0.05) is 37.1 Å². The molecule has 8 nitrogen and oxygen atoms in total. The van der Waals surface area contributed by atoms with Gasteiger partial charge in [0.05, 0.1) is 22.9 Å². The second-order valence-corrected chi connectivity index (χ2v) is 8.50. The zero-order valence-corrected chi connectivity index (χ0v) is 18.9. The predicted octanol–water partition coefficient (Wildman–Crippen LogP) is 3.87. The lowest BCUT2D eigenvalue weighted by Crippen LogP contribution is -2.27. The Hall–Kier alpha value is -4.07. The number of hydrogen-bond acceptors (Lipinski definition) is 6. The molecule has 1 aliphatic heterocycles. The van der Waals surface area contributed by atoms with Crippen LogP contribution in [-0.2, 0) is 11.3 Å². The van der Waals surface area contributed by atoms with Crippen LogP contribution in [0.4, 0.5) is 11.5 Å². The number of fused-ring (bicyclic) bond motifs is 1. The molecule has 34 heavy (non-hydrogen) atoms. The first-order valence-electron chi connectivity index (χ1n) is 11.6. The van der Waals surface area contributed by atoms with Gasteiger partial charge in [-0.05, 0) is 49.2 Å². The fourth-order valence-electron chi connectivity index (χ4n) is 4.28. The number of anilines is 2. The smallest absolute Gasteiger partial charge is 0.261 e.